The van der Waals surface area contributed by atoms with Crippen molar-refractivity contribution in [1.29, 1.82) is 0 Å². The number of alkyl halides is 3. The van der Waals surface area contributed by atoms with Crippen LogP contribution in [-0.2, 0) is 14.4 Å². The topological polar surface area (TPSA) is 46.6 Å². The third-order valence-corrected chi connectivity index (χ3v) is 3.68. The predicted octanol–water partition coefficient (Wildman–Crippen LogP) is 2.23. The van der Waals surface area contributed by atoms with Crippen LogP contribution in [0.5, 0.6) is 0 Å². The summed E-state index contributed by atoms with van der Waals surface area (Å²) < 4.78 is 75.5. The standard InChI is InChI=1S/C9H9F4NO3S/c10-7-3-1-2-6-4-5-14(8(6)7)17-18(15,16)9(11,12)13/h1,3,6H,2,4-5H2. The monoisotopic (exact) mass is 287 g/mol. The van der Waals surface area contributed by atoms with Crippen molar-refractivity contribution in [2.24, 2.45) is 5.92 Å². The molecule has 4 nitrogen and oxygen atoms in total. The second-order valence-electron chi connectivity index (χ2n) is 3.93. The highest BCUT2D eigenvalue weighted by molar-refractivity contribution is 7.87. The molecule has 0 N–H and O–H groups in total. The van der Waals surface area contributed by atoms with E-state index in [2.05, 4.69) is 4.28 Å². The van der Waals surface area contributed by atoms with Crippen molar-refractivity contribution in [1.82, 2.24) is 5.06 Å². The maximum Gasteiger partial charge on any atom is 0.525 e. The molecule has 1 unspecified atom stereocenters. The van der Waals surface area contributed by atoms with Gasteiger partial charge in [0, 0.05) is 12.5 Å². The number of hydrogen-bond acceptors (Lipinski definition) is 4. The van der Waals surface area contributed by atoms with Gasteiger partial charge in [-0.3, -0.25) is 0 Å². The number of fused-ring (bicyclic) bond motifs is 1. The summed E-state index contributed by atoms with van der Waals surface area (Å²) >= 11 is 0. The zero-order valence-corrected chi connectivity index (χ0v) is 9.76. The molecule has 9 heteroatoms. The average molecular weight is 287 g/mol. The fourth-order valence-corrected chi connectivity index (χ4v) is 2.41. The summed E-state index contributed by atoms with van der Waals surface area (Å²) in [5, 5.41) is 0.478. The van der Waals surface area contributed by atoms with Gasteiger partial charge in [-0.2, -0.15) is 21.6 Å². The van der Waals surface area contributed by atoms with Crippen molar-refractivity contribution in [3.05, 3.63) is 23.7 Å². The van der Waals surface area contributed by atoms with Crippen molar-refractivity contribution in [2.45, 2.75) is 18.3 Å². The van der Waals surface area contributed by atoms with E-state index in [1.165, 1.54) is 0 Å². The van der Waals surface area contributed by atoms with Gasteiger partial charge < -0.3 is 0 Å². The highest BCUT2D eigenvalue weighted by Gasteiger charge is 2.50. The molecular weight excluding hydrogens is 278 g/mol. The van der Waals surface area contributed by atoms with Gasteiger partial charge in [-0.15, -0.1) is 4.28 Å². The molecule has 0 aromatic heterocycles. The Kier molecular flexibility index (Phi) is 3.14. The van der Waals surface area contributed by atoms with Gasteiger partial charge in [0.15, 0.2) is 0 Å². The predicted molar refractivity (Wildman–Crippen MR) is 52.8 cm³/mol. The van der Waals surface area contributed by atoms with Gasteiger partial charge in [0.2, 0.25) is 0 Å². The van der Waals surface area contributed by atoms with E-state index in [1.54, 1.807) is 6.08 Å². The first-order valence-corrected chi connectivity index (χ1v) is 6.48. The first-order valence-electron chi connectivity index (χ1n) is 5.07. The third kappa shape index (κ3) is 2.24. The second kappa shape index (κ2) is 4.23. The van der Waals surface area contributed by atoms with Crippen LogP contribution in [0.15, 0.2) is 23.7 Å². The zero-order chi connectivity index (χ0) is 13.6. The Morgan fingerprint density at radius 2 is 2.06 bits per heavy atom. The molecule has 102 valence electrons. The fraction of sp³-hybridized carbons (Fsp3) is 0.556. The first-order chi connectivity index (χ1) is 8.22. The van der Waals surface area contributed by atoms with E-state index in [1.807, 2.05) is 0 Å². The summed E-state index contributed by atoms with van der Waals surface area (Å²) in [6.45, 7) is -0.0928. The van der Waals surface area contributed by atoms with Crippen molar-refractivity contribution in [3.8, 4) is 0 Å². The van der Waals surface area contributed by atoms with Crippen LogP contribution < -0.4 is 0 Å². The van der Waals surface area contributed by atoms with E-state index in [-0.39, 0.29) is 18.2 Å². The third-order valence-electron chi connectivity index (χ3n) is 2.74. The molecule has 0 aromatic rings. The summed E-state index contributed by atoms with van der Waals surface area (Å²) in [7, 11) is -5.75. The lowest BCUT2D eigenvalue weighted by molar-refractivity contribution is -0.0832. The van der Waals surface area contributed by atoms with Gasteiger partial charge in [-0.25, -0.2) is 9.45 Å². The Labute approximate surface area is 101 Å². The molecule has 1 aliphatic heterocycles. The zero-order valence-electron chi connectivity index (χ0n) is 8.95. The van der Waals surface area contributed by atoms with Gasteiger partial charge in [-0.1, -0.05) is 6.08 Å². The molecule has 0 bridgehead atoms. The lowest BCUT2D eigenvalue weighted by atomic mass is 9.97. The number of rotatable bonds is 2. The summed E-state index contributed by atoms with van der Waals surface area (Å²) in [6.07, 6.45) is 3.44. The number of hydrogen-bond donors (Lipinski definition) is 0. The Bertz CT molecular complexity index is 508. The van der Waals surface area contributed by atoms with Crippen LogP contribution in [0.25, 0.3) is 0 Å². The molecular formula is C9H9F4NO3S. The molecule has 1 aliphatic carbocycles. The van der Waals surface area contributed by atoms with E-state index in [9.17, 15) is 26.0 Å². The highest BCUT2D eigenvalue weighted by Crippen LogP contribution is 2.39. The number of nitrogens with zero attached hydrogens (tertiary/aromatic N) is 1. The minimum atomic E-state index is -5.75. The lowest BCUT2D eigenvalue weighted by Gasteiger charge is -2.22. The second-order valence-corrected chi connectivity index (χ2v) is 5.45. The Hall–Kier alpha value is -1.09. The molecule has 18 heavy (non-hydrogen) atoms. The summed E-state index contributed by atoms with van der Waals surface area (Å²) in [5.74, 6) is -1.10. The average Bonchev–Trinajstić information content (AvgIpc) is 2.60. The van der Waals surface area contributed by atoms with Crippen molar-refractivity contribution in [2.75, 3.05) is 6.54 Å². The van der Waals surface area contributed by atoms with Crippen LogP contribution >= 0.6 is 0 Å². The molecule has 1 heterocycles. The van der Waals surface area contributed by atoms with Crippen LogP contribution in [0.2, 0.25) is 0 Å². The van der Waals surface area contributed by atoms with Gasteiger partial charge in [-0.05, 0) is 18.9 Å². The quantitative estimate of drug-likeness (QED) is 0.577. The van der Waals surface area contributed by atoms with Gasteiger partial charge >= 0.3 is 15.6 Å². The molecule has 2 aliphatic rings. The number of halogens is 4. The smallest absolute Gasteiger partial charge is 0.237 e. The Morgan fingerprint density at radius 1 is 1.39 bits per heavy atom. The highest BCUT2D eigenvalue weighted by atomic mass is 32.2. The lowest BCUT2D eigenvalue weighted by Crippen LogP contribution is -2.33. The van der Waals surface area contributed by atoms with Crippen LogP contribution in [0, 0.1) is 5.92 Å². The molecule has 1 atom stereocenters. The van der Waals surface area contributed by atoms with Crippen LogP contribution in [0.1, 0.15) is 12.8 Å². The van der Waals surface area contributed by atoms with Gasteiger partial charge in [0.05, 0.1) is 5.70 Å². The maximum absolute atomic E-state index is 13.5. The number of hydroxylamine groups is 2. The van der Waals surface area contributed by atoms with Crippen LogP contribution in [-0.4, -0.2) is 25.5 Å². The summed E-state index contributed by atoms with van der Waals surface area (Å²) in [6, 6.07) is 0. The Balaban J connectivity index is 2.24. The van der Waals surface area contributed by atoms with Gasteiger partial charge in [0.25, 0.3) is 0 Å². The van der Waals surface area contributed by atoms with Crippen LogP contribution in [0.4, 0.5) is 17.6 Å². The van der Waals surface area contributed by atoms with Crippen molar-refractivity contribution >= 4 is 10.1 Å². The van der Waals surface area contributed by atoms with Crippen molar-refractivity contribution < 1.29 is 30.3 Å². The van der Waals surface area contributed by atoms with Crippen LogP contribution in [0.3, 0.4) is 0 Å². The first kappa shape index (κ1) is 13.3. The number of allylic oxidation sites excluding steroid dienone is 4. The molecule has 0 spiro atoms. The molecule has 0 saturated carbocycles. The van der Waals surface area contributed by atoms with E-state index < -0.39 is 21.5 Å². The molecule has 0 aromatic carbocycles. The van der Waals surface area contributed by atoms with Crippen molar-refractivity contribution in [3.63, 3.8) is 0 Å². The molecule has 1 fully saturated rings. The van der Waals surface area contributed by atoms with E-state index in [0.717, 1.165) is 6.08 Å². The van der Waals surface area contributed by atoms with E-state index in [0.29, 0.717) is 17.9 Å². The fourth-order valence-electron chi connectivity index (χ4n) is 1.94. The largest absolute Gasteiger partial charge is 0.525 e. The molecule has 0 radical (unpaired) electrons. The minimum absolute atomic E-state index is 0.0928. The normalized spacial score (nSPS) is 24.7. The van der Waals surface area contributed by atoms with E-state index in [4.69, 9.17) is 0 Å². The summed E-state index contributed by atoms with van der Waals surface area (Å²) in [5.41, 5.74) is -5.66. The molecule has 2 rings (SSSR count). The maximum atomic E-state index is 13.5. The molecule has 1 saturated heterocycles. The Morgan fingerprint density at radius 3 is 2.67 bits per heavy atom. The summed E-state index contributed by atoms with van der Waals surface area (Å²) in [4.78, 5) is 0. The molecule has 0 amide bonds. The SMILES string of the molecule is O=S(=O)(ON1CCC2CC=CC(F)=C21)C(F)(F)F. The minimum Gasteiger partial charge on any atom is -0.237 e. The van der Waals surface area contributed by atoms with Gasteiger partial charge in [0.1, 0.15) is 5.83 Å². The van der Waals surface area contributed by atoms with E-state index >= 15 is 0 Å².